The van der Waals surface area contributed by atoms with E-state index in [-0.39, 0.29) is 5.88 Å². The first-order valence-corrected chi connectivity index (χ1v) is 12.9. The van der Waals surface area contributed by atoms with Crippen LogP contribution in [0.1, 0.15) is 18.9 Å². The number of benzene rings is 1. The molecule has 1 aromatic carbocycles. The number of para-hydroxylation sites is 2. The highest BCUT2D eigenvalue weighted by molar-refractivity contribution is 8.00. The van der Waals surface area contributed by atoms with Crippen molar-refractivity contribution in [3.8, 4) is 46.0 Å². The van der Waals surface area contributed by atoms with Gasteiger partial charge in [0.15, 0.2) is 29.0 Å². The summed E-state index contributed by atoms with van der Waals surface area (Å²) >= 11 is 1.29. The number of aromatic nitrogens is 8. The topological polar surface area (TPSA) is 146 Å². The molecule has 0 bridgehead atoms. The summed E-state index contributed by atoms with van der Waals surface area (Å²) in [6.07, 6.45) is 4.21. The summed E-state index contributed by atoms with van der Waals surface area (Å²) in [5, 5.41) is 14.7. The van der Waals surface area contributed by atoms with E-state index in [0.29, 0.717) is 52.6 Å². The van der Waals surface area contributed by atoms with Gasteiger partial charge in [0.1, 0.15) is 10.7 Å². The molecule has 0 saturated carbocycles. The van der Waals surface area contributed by atoms with Gasteiger partial charge in [0, 0.05) is 29.9 Å². The highest BCUT2D eigenvalue weighted by atomic mass is 32.2. The third-order valence-electron chi connectivity index (χ3n) is 5.30. The van der Waals surface area contributed by atoms with Crippen LogP contribution in [-0.4, -0.2) is 54.3 Å². The molecule has 13 heteroatoms. The van der Waals surface area contributed by atoms with E-state index < -0.39 is 0 Å². The van der Waals surface area contributed by atoms with Gasteiger partial charge in [-0.1, -0.05) is 25.1 Å². The zero-order chi connectivity index (χ0) is 27.0. The number of tetrazole rings is 1. The number of nitrogens with one attached hydrogen (secondary N) is 2. The molecule has 12 nitrogen and oxygen atoms in total. The fraction of sp³-hybridized carbons (Fsp3) is 0.192. The van der Waals surface area contributed by atoms with Gasteiger partial charge in [-0.05, 0) is 59.7 Å². The molecule has 0 radical (unpaired) electrons. The first-order chi connectivity index (χ1) is 19.1. The number of anilines is 1. The standard InChI is InChI=1S/C26H25N9O3S/c1-4-13-37-26-22(38-20-8-6-5-7-19(20)36-3)25(33-39-21-10-9-16(2)15-28-21)29-23(30-26)17-11-12-27-18(14-17)24-31-34-35-32-24/h5-12,14-15H,4,13H2,1-3H3,(H,29,30,33)(H,31,32,34,35). The molecule has 0 aliphatic heterocycles. The lowest BCUT2D eigenvalue weighted by molar-refractivity contribution is 0.287. The van der Waals surface area contributed by atoms with Gasteiger partial charge in [-0.15, -0.1) is 5.10 Å². The Labute approximate surface area is 228 Å². The quantitative estimate of drug-likeness (QED) is 0.213. The van der Waals surface area contributed by atoms with E-state index in [1.54, 1.807) is 37.7 Å². The molecule has 0 saturated heterocycles. The number of H-pyrrole nitrogens is 1. The van der Waals surface area contributed by atoms with E-state index in [0.717, 1.165) is 17.0 Å². The highest BCUT2D eigenvalue weighted by Gasteiger charge is 2.22. The highest BCUT2D eigenvalue weighted by Crippen LogP contribution is 2.42. The van der Waals surface area contributed by atoms with Crippen LogP contribution in [0.5, 0.6) is 23.1 Å². The molecule has 0 amide bonds. The molecule has 0 atom stereocenters. The van der Waals surface area contributed by atoms with Crippen molar-refractivity contribution in [3.63, 3.8) is 0 Å². The molecule has 39 heavy (non-hydrogen) atoms. The van der Waals surface area contributed by atoms with Crippen molar-refractivity contribution in [2.45, 2.75) is 25.3 Å². The van der Waals surface area contributed by atoms with Crippen LogP contribution in [0.4, 0.5) is 5.82 Å². The molecule has 0 spiro atoms. The Balaban J connectivity index is 1.59. The summed E-state index contributed by atoms with van der Waals surface area (Å²) in [5.74, 6) is 2.84. The fourth-order valence-electron chi connectivity index (χ4n) is 3.41. The molecule has 0 aliphatic rings. The Morgan fingerprint density at radius 2 is 1.90 bits per heavy atom. The number of aryl methyl sites for hydroxylation is 1. The van der Waals surface area contributed by atoms with Gasteiger partial charge in [0.25, 0.3) is 5.88 Å². The Kier molecular flexibility index (Phi) is 8.07. The third kappa shape index (κ3) is 6.21. The van der Waals surface area contributed by atoms with Crippen molar-refractivity contribution in [2.75, 3.05) is 18.4 Å². The summed E-state index contributed by atoms with van der Waals surface area (Å²) in [6, 6.07) is 14.8. The van der Waals surface area contributed by atoms with Crippen LogP contribution < -0.4 is 18.9 Å². The number of methoxy groups -OCH3 is 1. The zero-order valence-electron chi connectivity index (χ0n) is 21.5. The smallest absolute Gasteiger partial charge is 0.263 e. The molecule has 0 fully saturated rings. The second-order valence-electron chi connectivity index (χ2n) is 8.19. The molecule has 5 aromatic rings. The Bertz CT molecular complexity index is 1530. The predicted molar refractivity (Wildman–Crippen MR) is 146 cm³/mol. The van der Waals surface area contributed by atoms with E-state index in [1.807, 2.05) is 44.2 Å². The monoisotopic (exact) mass is 543 g/mol. The van der Waals surface area contributed by atoms with Gasteiger partial charge in [-0.25, -0.2) is 15.1 Å². The van der Waals surface area contributed by atoms with Crippen molar-refractivity contribution in [2.24, 2.45) is 0 Å². The third-order valence-corrected chi connectivity index (χ3v) is 6.05. The first kappa shape index (κ1) is 25.9. The molecule has 5 rings (SSSR count). The van der Waals surface area contributed by atoms with Crippen molar-refractivity contribution in [3.05, 3.63) is 66.5 Å². The molecule has 2 N–H and O–H groups in total. The van der Waals surface area contributed by atoms with Crippen LogP contribution in [0.3, 0.4) is 0 Å². The van der Waals surface area contributed by atoms with Crippen LogP contribution in [0, 0.1) is 6.92 Å². The van der Waals surface area contributed by atoms with E-state index in [4.69, 9.17) is 24.2 Å². The first-order valence-electron chi connectivity index (χ1n) is 12.1. The maximum atomic E-state index is 6.33. The summed E-state index contributed by atoms with van der Waals surface area (Å²) in [6.45, 7) is 4.43. The molecule has 0 aliphatic carbocycles. The zero-order valence-corrected chi connectivity index (χ0v) is 22.3. The molecule has 0 unspecified atom stereocenters. The number of pyridine rings is 2. The van der Waals surface area contributed by atoms with Crippen LogP contribution in [0.25, 0.3) is 22.9 Å². The lowest BCUT2D eigenvalue weighted by Crippen LogP contribution is -2.06. The van der Waals surface area contributed by atoms with Gasteiger partial charge in [0.05, 0.1) is 13.7 Å². The Morgan fingerprint density at radius 1 is 1.03 bits per heavy atom. The second kappa shape index (κ2) is 12.2. The van der Waals surface area contributed by atoms with Gasteiger partial charge in [-0.2, -0.15) is 4.98 Å². The van der Waals surface area contributed by atoms with Gasteiger partial charge < -0.3 is 18.9 Å². The van der Waals surface area contributed by atoms with Crippen molar-refractivity contribution >= 4 is 17.8 Å². The number of nitrogens with zero attached hydrogens (tertiary/aromatic N) is 7. The van der Waals surface area contributed by atoms with Crippen LogP contribution in [0.2, 0.25) is 0 Å². The van der Waals surface area contributed by atoms with E-state index in [1.165, 1.54) is 11.9 Å². The summed E-state index contributed by atoms with van der Waals surface area (Å²) in [4.78, 5) is 18.4. The Morgan fingerprint density at radius 3 is 2.64 bits per heavy atom. The summed E-state index contributed by atoms with van der Waals surface area (Å²) in [7, 11) is 1.58. The number of aromatic amines is 1. The minimum Gasteiger partial charge on any atom is -0.493 e. The van der Waals surface area contributed by atoms with Crippen LogP contribution in [0.15, 0.2) is 66.0 Å². The van der Waals surface area contributed by atoms with Crippen LogP contribution in [-0.2, 0) is 0 Å². The van der Waals surface area contributed by atoms with E-state index in [9.17, 15) is 0 Å². The van der Waals surface area contributed by atoms with E-state index >= 15 is 0 Å². The van der Waals surface area contributed by atoms with Gasteiger partial charge in [-0.3, -0.25) is 4.98 Å². The molecular formula is C26H25N9O3S. The number of hydrogen-bond donors (Lipinski definition) is 2. The maximum absolute atomic E-state index is 6.33. The normalized spacial score (nSPS) is 10.7. The average molecular weight is 544 g/mol. The molecule has 4 heterocycles. The lowest BCUT2D eigenvalue weighted by Gasteiger charge is -2.18. The van der Waals surface area contributed by atoms with Crippen molar-refractivity contribution in [1.29, 1.82) is 0 Å². The minimum atomic E-state index is 0.271. The maximum Gasteiger partial charge on any atom is 0.263 e. The largest absolute Gasteiger partial charge is 0.493 e. The van der Waals surface area contributed by atoms with Gasteiger partial charge in [0.2, 0.25) is 5.75 Å². The lowest BCUT2D eigenvalue weighted by atomic mass is 10.2. The number of hydrogen-bond acceptors (Lipinski definition) is 12. The number of rotatable bonds is 11. The molecule has 198 valence electrons. The number of ether oxygens (including phenoxy) is 3. The van der Waals surface area contributed by atoms with Gasteiger partial charge >= 0.3 is 0 Å². The molecule has 4 aromatic heterocycles. The minimum absolute atomic E-state index is 0.271. The van der Waals surface area contributed by atoms with Crippen molar-refractivity contribution in [1.82, 2.24) is 40.6 Å². The summed E-state index contributed by atoms with van der Waals surface area (Å²) < 4.78 is 21.2. The van der Waals surface area contributed by atoms with Crippen molar-refractivity contribution < 1.29 is 14.2 Å². The summed E-state index contributed by atoms with van der Waals surface area (Å²) in [5.41, 5.74) is 2.29. The fourth-order valence-corrected chi connectivity index (χ4v) is 3.99. The van der Waals surface area contributed by atoms with E-state index in [2.05, 4.69) is 35.3 Å². The Hall–Kier alpha value is -4.78. The van der Waals surface area contributed by atoms with Crippen LogP contribution >= 0.6 is 11.9 Å². The predicted octanol–water partition coefficient (Wildman–Crippen LogP) is 5.13. The molecular weight excluding hydrogens is 518 g/mol. The SMILES string of the molecule is CCCOc1nc(-c2ccnc(-c3nnn[nH]3)c2)nc(NSc2ccc(C)cn2)c1Oc1ccccc1OC. The second-order valence-corrected chi connectivity index (χ2v) is 9.02. The average Bonchev–Trinajstić information content (AvgIpc) is 3.52.